The van der Waals surface area contributed by atoms with Crippen molar-refractivity contribution in [1.29, 1.82) is 0 Å². The lowest BCUT2D eigenvalue weighted by molar-refractivity contribution is 0.214. The molecule has 4 nitrogen and oxygen atoms in total. The Labute approximate surface area is 129 Å². The molecule has 1 aromatic rings. The van der Waals surface area contributed by atoms with Crippen LogP contribution in [0, 0.1) is 11.8 Å². The predicted octanol–water partition coefficient (Wildman–Crippen LogP) is 3.60. The van der Waals surface area contributed by atoms with Gasteiger partial charge in [0.1, 0.15) is 0 Å². The number of nitrogens with zero attached hydrogens (tertiary/aromatic N) is 2. The van der Waals surface area contributed by atoms with Crippen LogP contribution in [0.5, 0.6) is 5.75 Å². The Morgan fingerprint density at radius 2 is 2.19 bits per heavy atom. The lowest BCUT2D eigenvalue weighted by atomic mass is 9.71. The van der Waals surface area contributed by atoms with Gasteiger partial charge < -0.3 is 10.1 Å². The fraction of sp³-hybridized carbons (Fsp3) is 0.824. The molecule has 1 aromatic heterocycles. The molecule has 1 fully saturated rings. The third-order valence-corrected chi connectivity index (χ3v) is 5.00. The standard InChI is InChI=1S/C17H31N3O/c1-6-13-7-8-14(10-18-4)15(9-13)17-16(21-5)11-19-20(17)12(2)3/h11-15,18H,6-10H2,1-5H3. The largest absolute Gasteiger partial charge is 0.493 e. The number of hydrogen-bond acceptors (Lipinski definition) is 3. The third-order valence-electron chi connectivity index (χ3n) is 5.00. The Morgan fingerprint density at radius 1 is 1.43 bits per heavy atom. The summed E-state index contributed by atoms with van der Waals surface area (Å²) in [5.41, 5.74) is 1.31. The first-order chi connectivity index (χ1) is 10.1. The minimum absolute atomic E-state index is 0.376. The van der Waals surface area contributed by atoms with Crippen LogP contribution in [0.15, 0.2) is 6.20 Å². The topological polar surface area (TPSA) is 39.1 Å². The highest BCUT2D eigenvalue weighted by molar-refractivity contribution is 5.30. The van der Waals surface area contributed by atoms with Crippen molar-refractivity contribution in [2.75, 3.05) is 20.7 Å². The van der Waals surface area contributed by atoms with E-state index in [0.717, 1.165) is 18.2 Å². The van der Waals surface area contributed by atoms with Crippen LogP contribution in [-0.4, -0.2) is 30.5 Å². The van der Waals surface area contributed by atoms with Gasteiger partial charge in [0, 0.05) is 12.0 Å². The zero-order chi connectivity index (χ0) is 15.4. The number of aromatic nitrogens is 2. The van der Waals surface area contributed by atoms with Crippen molar-refractivity contribution in [2.24, 2.45) is 11.8 Å². The van der Waals surface area contributed by atoms with Gasteiger partial charge in [-0.2, -0.15) is 5.10 Å². The minimum Gasteiger partial charge on any atom is -0.493 e. The van der Waals surface area contributed by atoms with E-state index in [0.29, 0.717) is 17.9 Å². The smallest absolute Gasteiger partial charge is 0.160 e. The number of nitrogens with one attached hydrogen (secondary N) is 1. The van der Waals surface area contributed by atoms with Gasteiger partial charge in [0.2, 0.25) is 0 Å². The van der Waals surface area contributed by atoms with E-state index in [2.05, 4.69) is 42.9 Å². The first-order valence-electron chi connectivity index (χ1n) is 8.38. The Bertz CT molecular complexity index is 441. The summed E-state index contributed by atoms with van der Waals surface area (Å²) in [5.74, 6) is 3.03. The van der Waals surface area contributed by atoms with Gasteiger partial charge in [-0.15, -0.1) is 0 Å². The van der Waals surface area contributed by atoms with E-state index in [1.54, 1.807) is 7.11 Å². The van der Waals surface area contributed by atoms with Crippen molar-refractivity contribution < 1.29 is 4.74 Å². The minimum atomic E-state index is 0.376. The second kappa shape index (κ2) is 7.30. The van der Waals surface area contributed by atoms with Crippen LogP contribution in [0.1, 0.15) is 64.1 Å². The molecule has 21 heavy (non-hydrogen) atoms. The van der Waals surface area contributed by atoms with E-state index < -0.39 is 0 Å². The quantitative estimate of drug-likeness (QED) is 0.871. The Balaban J connectivity index is 2.36. The molecule has 1 aliphatic carbocycles. The Morgan fingerprint density at radius 3 is 2.76 bits per heavy atom. The van der Waals surface area contributed by atoms with E-state index in [4.69, 9.17) is 4.74 Å². The van der Waals surface area contributed by atoms with E-state index in [1.807, 2.05) is 6.20 Å². The molecule has 0 bridgehead atoms. The van der Waals surface area contributed by atoms with Crippen molar-refractivity contribution in [3.05, 3.63) is 11.9 Å². The highest BCUT2D eigenvalue weighted by Gasteiger charge is 2.35. The summed E-state index contributed by atoms with van der Waals surface area (Å²) in [5, 5.41) is 7.96. The lowest BCUT2D eigenvalue weighted by Crippen LogP contribution is -2.32. The van der Waals surface area contributed by atoms with Gasteiger partial charge in [-0.25, -0.2) is 0 Å². The molecule has 1 N–H and O–H groups in total. The molecule has 0 radical (unpaired) electrons. The normalized spacial score (nSPS) is 26.3. The first kappa shape index (κ1) is 16.3. The number of methoxy groups -OCH3 is 1. The van der Waals surface area contributed by atoms with Gasteiger partial charge in [-0.1, -0.05) is 19.8 Å². The second-order valence-corrected chi connectivity index (χ2v) is 6.65. The summed E-state index contributed by atoms with van der Waals surface area (Å²) in [4.78, 5) is 0. The lowest BCUT2D eigenvalue weighted by Gasteiger charge is -2.37. The van der Waals surface area contributed by atoms with E-state index >= 15 is 0 Å². The summed E-state index contributed by atoms with van der Waals surface area (Å²) >= 11 is 0. The molecule has 0 saturated heterocycles. The van der Waals surface area contributed by atoms with Crippen LogP contribution in [0.25, 0.3) is 0 Å². The summed E-state index contributed by atoms with van der Waals surface area (Å²) in [7, 11) is 3.82. The summed E-state index contributed by atoms with van der Waals surface area (Å²) in [6, 6.07) is 0.376. The zero-order valence-corrected chi connectivity index (χ0v) is 14.2. The molecule has 1 aliphatic rings. The molecule has 3 unspecified atom stereocenters. The maximum atomic E-state index is 5.62. The molecule has 0 aromatic carbocycles. The highest BCUT2D eigenvalue weighted by Crippen LogP contribution is 2.44. The predicted molar refractivity (Wildman–Crippen MR) is 87.0 cm³/mol. The second-order valence-electron chi connectivity index (χ2n) is 6.65. The average molecular weight is 293 g/mol. The molecule has 0 aliphatic heterocycles. The van der Waals surface area contributed by atoms with Crippen LogP contribution in [0.2, 0.25) is 0 Å². The zero-order valence-electron chi connectivity index (χ0n) is 14.2. The number of ether oxygens (including phenoxy) is 1. The SMILES string of the molecule is CCC1CCC(CNC)C(c2c(OC)cnn2C(C)C)C1. The van der Waals surface area contributed by atoms with Gasteiger partial charge in [0.05, 0.1) is 19.0 Å². The van der Waals surface area contributed by atoms with Crippen molar-refractivity contribution in [3.8, 4) is 5.75 Å². The van der Waals surface area contributed by atoms with Gasteiger partial charge in [-0.3, -0.25) is 4.68 Å². The number of hydrogen-bond donors (Lipinski definition) is 1. The van der Waals surface area contributed by atoms with Crippen LogP contribution >= 0.6 is 0 Å². The van der Waals surface area contributed by atoms with Gasteiger partial charge in [-0.05, 0) is 52.1 Å². The Hall–Kier alpha value is -1.03. The van der Waals surface area contributed by atoms with Crippen molar-refractivity contribution in [3.63, 3.8) is 0 Å². The Kier molecular flexibility index (Phi) is 5.68. The van der Waals surface area contributed by atoms with Crippen LogP contribution < -0.4 is 10.1 Å². The monoisotopic (exact) mass is 293 g/mol. The molecule has 120 valence electrons. The maximum absolute atomic E-state index is 5.62. The molecule has 0 spiro atoms. The third kappa shape index (κ3) is 3.42. The molecule has 4 heteroatoms. The van der Waals surface area contributed by atoms with Crippen molar-refractivity contribution in [1.82, 2.24) is 15.1 Å². The van der Waals surface area contributed by atoms with E-state index in [1.165, 1.54) is 31.4 Å². The van der Waals surface area contributed by atoms with Crippen LogP contribution in [0.4, 0.5) is 0 Å². The molecule has 2 rings (SSSR count). The summed E-state index contributed by atoms with van der Waals surface area (Å²) < 4.78 is 7.79. The summed E-state index contributed by atoms with van der Waals surface area (Å²) in [6.07, 6.45) is 7.09. The summed E-state index contributed by atoms with van der Waals surface area (Å²) in [6.45, 7) is 7.79. The molecule has 3 atom stereocenters. The molecule has 1 saturated carbocycles. The van der Waals surface area contributed by atoms with Gasteiger partial charge >= 0.3 is 0 Å². The maximum Gasteiger partial charge on any atom is 0.160 e. The van der Waals surface area contributed by atoms with Gasteiger partial charge in [0.15, 0.2) is 5.75 Å². The van der Waals surface area contributed by atoms with Crippen molar-refractivity contribution >= 4 is 0 Å². The molecule has 1 heterocycles. The highest BCUT2D eigenvalue weighted by atomic mass is 16.5. The van der Waals surface area contributed by atoms with Crippen LogP contribution in [-0.2, 0) is 0 Å². The molecular formula is C17H31N3O. The average Bonchev–Trinajstić information content (AvgIpc) is 2.92. The van der Waals surface area contributed by atoms with E-state index in [9.17, 15) is 0 Å². The molecular weight excluding hydrogens is 262 g/mol. The van der Waals surface area contributed by atoms with Crippen LogP contribution in [0.3, 0.4) is 0 Å². The van der Waals surface area contributed by atoms with E-state index in [-0.39, 0.29) is 0 Å². The fourth-order valence-electron chi connectivity index (χ4n) is 3.81. The van der Waals surface area contributed by atoms with Crippen molar-refractivity contribution in [2.45, 2.75) is 58.4 Å². The first-order valence-corrected chi connectivity index (χ1v) is 8.38. The fourth-order valence-corrected chi connectivity index (χ4v) is 3.81. The molecule has 0 amide bonds. The van der Waals surface area contributed by atoms with Gasteiger partial charge in [0.25, 0.3) is 0 Å². The number of rotatable bonds is 6.